The summed E-state index contributed by atoms with van der Waals surface area (Å²) in [5, 5.41) is 17.9. The number of pyridine rings is 1. The zero-order valence-electron chi connectivity index (χ0n) is 19.8. The molecule has 0 N–H and O–H groups in total. The third-order valence-electron chi connectivity index (χ3n) is 6.27. The van der Waals surface area contributed by atoms with E-state index in [9.17, 15) is 19.1 Å². The first-order valence-electron chi connectivity index (χ1n) is 11.4. The van der Waals surface area contributed by atoms with Crippen molar-refractivity contribution < 1.29 is 33.1 Å². The molecule has 2 aromatic heterocycles. The van der Waals surface area contributed by atoms with Crippen LogP contribution in [0.3, 0.4) is 0 Å². The topological polar surface area (TPSA) is 101 Å². The monoisotopic (exact) mass is 498 g/mol. The zero-order valence-corrected chi connectivity index (χ0v) is 19.8. The summed E-state index contributed by atoms with van der Waals surface area (Å²) in [5.41, 5.74) is 1.74. The second kappa shape index (κ2) is 8.30. The SMILES string of the molecule is Cc1cc[n+](C2=C(c3c(C)nn(-c4ccc(F)cc4)c3[O-])C(=O)N(c3ccc4c(c3)OCO4)C2=O)cc1. The van der Waals surface area contributed by atoms with Crippen LogP contribution in [0, 0.1) is 19.7 Å². The minimum Gasteiger partial charge on any atom is -0.858 e. The number of anilines is 1. The number of aromatic nitrogens is 3. The number of imide groups is 1. The van der Waals surface area contributed by atoms with Gasteiger partial charge in [-0.1, -0.05) is 0 Å². The van der Waals surface area contributed by atoms with E-state index < -0.39 is 23.5 Å². The highest BCUT2D eigenvalue weighted by molar-refractivity contribution is 6.53. The summed E-state index contributed by atoms with van der Waals surface area (Å²) in [6.45, 7) is 3.52. The Morgan fingerprint density at radius 1 is 0.919 bits per heavy atom. The molecule has 4 heterocycles. The van der Waals surface area contributed by atoms with E-state index in [2.05, 4.69) is 5.10 Å². The summed E-state index contributed by atoms with van der Waals surface area (Å²) in [5.74, 6) is -1.44. The number of nitrogens with zero attached hydrogens (tertiary/aromatic N) is 4. The fraction of sp³-hybridized carbons (Fsp3) is 0.111. The Morgan fingerprint density at radius 3 is 2.32 bits per heavy atom. The van der Waals surface area contributed by atoms with Gasteiger partial charge in [0, 0.05) is 23.8 Å². The number of aryl methyl sites for hydroxylation is 2. The van der Waals surface area contributed by atoms with Gasteiger partial charge in [-0.15, -0.1) is 0 Å². The molecule has 6 rings (SSSR count). The van der Waals surface area contributed by atoms with Gasteiger partial charge in [0.25, 0.3) is 11.6 Å². The van der Waals surface area contributed by atoms with E-state index in [1.165, 1.54) is 28.8 Å². The Morgan fingerprint density at radius 2 is 1.59 bits per heavy atom. The first-order chi connectivity index (χ1) is 17.8. The third kappa shape index (κ3) is 3.53. The number of amides is 2. The van der Waals surface area contributed by atoms with Crippen LogP contribution in [0.15, 0.2) is 67.0 Å². The lowest BCUT2D eigenvalue weighted by Crippen LogP contribution is -2.39. The quantitative estimate of drug-likeness (QED) is 0.317. The van der Waals surface area contributed by atoms with Crippen LogP contribution in [-0.4, -0.2) is 28.4 Å². The van der Waals surface area contributed by atoms with Crippen LogP contribution < -0.4 is 24.0 Å². The molecule has 0 radical (unpaired) electrons. The highest BCUT2D eigenvalue weighted by Gasteiger charge is 2.47. The van der Waals surface area contributed by atoms with E-state index in [1.54, 1.807) is 49.6 Å². The molecule has 0 spiro atoms. The average molecular weight is 498 g/mol. The lowest BCUT2D eigenvalue weighted by molar-refractivity contribution is -0.576. The number of fused-ring (bicyclic) bond motifs is 1. The molecule has 10 heteroatoms. The Labute approximate surface area is 210 Å². The van der Waals surface area contributed by atoms with Gasteiger partial charge in [0.1, 0.15) is 11.4 Å². The van der Waals surface area contributed by atoms with Gasteiger partial charge in [-0.2, -0.15) is 9.67 Å². The van der Waals surface area contributed by atoms with Crippen molar-refractivity contribution >= 4 is 28.8 Å². The van der Waals surface area contributed by atoms with Crippen LogP contribution >= 0.6 is 0 Å². The molecule has 9 nitrogen and oxygen atoms in total. The Kier molecular flexibility index (Phi) is 5.04. The molecular formula is C27H19FN4O5. The predicted octanol–water partition coefficient (Wildman–Crippen LogP) is 2.66. The van der Waals surface area contributed by atoms with Gasteiger partial charge in [0.2, 0.25) is 6.79 Å². The van der Waals surface area contributed by atoms with Gasteiger partial charge >= 0.3 is 5.91 Å². The van der Waals surface area contributed by atoms with Crippen LogP contribution in [0.25, 0.3) is 17.0 Å². The van der Waals surface area contributed by atoms with Crippen LogP contribution in [0.1, 0.15) is 16.8 Å². The summed E-state index contributed by atoms with van der Waals surface area (Å²) in [6, 6.07) is 13.6. The number of benzene rings is 2. The number of ether oxygens (including phenoxy) is 2. The predicted molar refractivity (Wildman–Crippen MR) is 127 cm³/mol. The van der Waals surface area contributed by atoms with E-state index in [1.807, 2.05) is 6.92 Å². The van der Waals surface area contributed by atoms with Gasteiger partial charge in [0.05, 0.1) is 17.1 Å². The Hall–Kier alpha value is -4.99. The van der Waals surface area contributed by atoms with Gasteiger partial charge < -0.3 is 14.6 Å². The van der Waals surface area contributed by atoms with Crippen molar-refractivity contribution in [3.63, 3.8) is 0 Å². The third-order valence-corrected chi connectivity index (χ3v) is 6.27. The first kappa shape index (κ1) is 22.5. The summed E-state index contributed by atoms with van der Waals surface area (Å²) in [4.78, 5) is 28.7. The maximum absolute atomic E-state index is 13.9. The van der Waals surface area contributed by atoms with Crippen molar-refractivity contribution in [2.45, 2.75) is 13.8 Å². The Bertz CT molecular complexity index is 1620. The molecule has 0 fully saturated rings. The number of hydrogen-bond acceptors (Lipinski definition) is 6. The van der Waals surface area contributed by atoms with Crippen molar-refractivity contribution in [2.24, 2.45) is 0 Å². The molecule has 0 saturated carbocycles. The van der Waals surface area contributed by atoms with Crippen molar-refractivity contribution in [3.05, 3.63) is 89.6 Å². The number of carbonyl (C=O) groups is 2. The normalized spacial score (nSPS) is 14.7. The van der Waals surface area contributed by atoms with Crippen LogP contribution in [0.5, 0.6) is 17.4 Å². The maximum Gasteiger partial charge on any atom is 0.331 e. The molecule has 37 heavy (non-hydrogen) atoms. The van der Waals surface area contributed by atoms with E-state index in [0.717, 1.165) is 15.1 Å². The molecule has 184 valence electrons. The maximum atomic E-state index is 13.9. The molecular weight excluding hydrogens is 479 g/mol. The highest BCUT2D eigenvalue weighted by atomic mass is 19.1. The number of rotatable bonds is 4. The molecule has 2 aliphatic heterocycles. The summed E-state index contributed by atoms with van der Waals surface area (Å²) < 4.78 is 26.8. The molecule has 0 aliphatic carbocycles. The first-order valence-corrected chi connectivity index (χ1v) is 11.4. The minimum absolute atomic E-state index is 0.00556. The summed E-state index contributed by atoms with van der Waals surface area (Å²) in [7, 11) is 0. The van der Waals surface area contributed by atoms with Gasteiger partial charge in [-0.3, -0.25) is 9.59 Å². The van der Waals surface area contributed by atoms with E-state index in [0.29, 0.717) is 17.2 Å². The largest absolute Gasteiger partial charge is 0.858 e. The molecule has 2 aliphatic rings. The summed E-state index contributed by atoms with van der Waals surface area (Å²) in [6.07, 6.45) is 3.31. The molecule has 2 amide bonds. The zero-order chi connectivity index (χ0) is 25.8. The van der Waals surface area contributed by atoms with Crippen molar-refractivity contribution in [3.8, 4) is 23.1 Å². The van der Waals surface area contributed by atoms with Crippen molar-refractivity contribution in [2.75, 3.05) is 11.7 Å². The van der Waals surface area contributed by atoms with E-state index in [4.69, 9.17) is 9.47 Å². The highest BCUT2D eigenvalue weighted by Crippen LogP contribution is 2.41. The number of carbonyl (C=O) groups excluding carboxylic acids is 2. The molecule has 2 aromatic carbocycles. The fourth-order valence-electron chi connectivity index (χ4n) is 4.44. The minimum atomic E-state index is -0.675. The van der Waals surface area contributed by atoms with Gasteiger partial charge in [0.15, 0.2) is 23.9 Å². The van der Waals surface area contributed by atoms with Gasteiger partial charge in [-0.05, 0) is 61.7 Å². The van der Waals surface area contributed by atoms with E-state index in [-0.39, 0.29) is 35.0 Å². The van der Waals surface area contributed by atoms with Crippen LogP contribution in [-0.2, 0) is 9.59 Å². The Balaban J connectivity index is 1.54. The average Bonchev–Trinajstić information content (AvgIpc) is 3.54. The molecule has 0 saturated heterocycles. The number of hydrogen-bond donors (Lipinski definition) is 0. The lowest BCUT2D eigenvalue weighted by Gasteiger charge is -2.16. The number of halogens is 1. The van der Waals surface area contributed by atoms with Crippen LogP contribution in [0.2, 0.25) is 0 Å². The van der Waals surface area contributed by atoms with Gasteiger partial charge in [-0.25, -0.2) is 14.0 Å². The fourth-order valence-corrected chi connectivity index (χ4v) is 4.44. The summed E-state index contributed by atoms with van der Waals surface area (Å²) >= 11 is 0. The standard InChI is InChI=1S/C27H19FN4O5/c1-15-9-11-30(12-10-15)24-23(22-16(2)29-32(26(22)34)18-5-3-17(28)4-6-18)25(33)31(27(24)35)19-7-8-20-21(13-19)37-14-36-20/h3-13H,14H2,1-2H3. The smallest absolute Gasteiger partial charge is 0.331 e. The lowest BCUT2D eigenvalue weighted by atomic mass is 10.0. The second-order valence-corrected chi connectivity index (χ2v) is 8.64. The second-order valence-electron chi connectivity index (χ2n) is 8.64. The molecule has 0 atom stereocenters. The molecule has 0 unspecified atom stereocenters. The van der Waals surface area contributed by atoms with Crippen molar-refractivity contribution in [1.82, 2.24) is 9.78 Å². The molecule has 0 bridgehead atoms. The molecule has 4 aromatic rings. The van der Waals surface area contributed by atoms with E-state index >= 15 is 0 Å². The van der Waals surface area contributed by atoms with Crippen LogP contribution in [0.4, 0.5) is 10.1 Å². The van der Waals surface area contributed by atoms with Crippen molar-refractivity contribution in [1.29, 1.82) is 0 Å².